The highest BCUT2D eigenvalue weighted by atomic mass is 35.5. The minimum absolute atomic E-state index is 0.0100. The average Bonchev–Trinajstić information content (AvgIpc) is 3.12. The highest BCUT2D eigenvalue weighted by molar-refractivity contribution is 7.91. The Morgan fingerprint density at radius 1 is 1.09 bits per heavy atom. The van der Waals surface area contributed by atoms with Gasteiger partial charge in [0.05, 0.1) is 27.9 Å². The molecule has 3 aromatic rings. The number of hydrogen-bond acceptors (Lipinski definition) is 5. The van der Waals surface area contributed by atoms with E-state index in [2.05, 4.69) is 17.4 Å². The number of aryl methyl sites for hydroxylation is 1. The SMILES string of the molecule is CCc1ccc(-c2c(C)c(C(=O)NN3CCS(=O)(=O)CC3)nn2-c2ccc(Cl)cc2Cl)cc1. The number of rotatable bonds is 5. The van der Waals surface area contributed by atoms with Crippen LogP contribution in [0.25, 0.3) is 16.9 Å². The second kappa shape index (κ2) is 9.46. The van der Waals surface area contributed by atoms with Crippen LogP contribution >= 0.6 is 23.2 Å². The number of nitrogens with zero attached hydrogens (tertiary/aromatic N) is 3. The third-order valence-corrected chi connectivity index (χ3v) is 7.86. The van der Waals surface area contributed by atoms with Gasteiger partial charge in [-0.2, -0.15) is 5.10 Å². The second-order valence-electron chi connectivity index (χ2n) is 7.96. The number of halogens is 2. The molecule has 33 heavy (non-hydrogen) atoms. The van der Waals surface area contributed by atoms with E-state index in [1.165, 1.54) is 5.56 Å². The summed E-state index contributed by atoms with van der Waals surface area (Å²) in [6, 6.07) is 13.2. The first-order valence-electron chi connectivity index (χ1n) is 10.6. The molecule has 7 nitrogen and oxygen atoms in total. The Balaban J connectivity index is 1.75. The molecule has 1 aromatic heterocycles. The van der Waals surface area contributed by atoms with Crippen LogP contribution in [-0.2, 0) is 16.3 Å². The van der Waals surface area contributed by atoms with Gasteiger partial charge in [0, 0.05) is 29.2 Å². The van der Waals surface area contributed by atoms with Crippen LogP contribution < -0.4 is 5.43 Å². The summed E-state index contributed by atoms with van der Waals surface area (Å²) in [5.74, 6) is -0.381. The minimum atomic E-state index is -3.05. The maximum absolute atomic E-state index is 13.1. The summed E-state index contributed by atoms with van der Waals surface area (Å²) in [6.07, 6.45) is 0.917. The zero-order chi connectivity index (χ0) is 23.8. The summed E-state index contributed by atoms with van der Waals surface area (Å²) in [7, 11) is -3.05. The summed E-state index contributed by atoms with van der Waals surface area (Å²) < 4.78 is 25.0. The van der Waals surface area contributed by atoms with Gasteiger partial charge in [-0.25, -0.2) is 18.1 Å². The van der Waals surface area contributed by atoms with Gasteiger partial charge in [0.15, 0.2) is 15.5 Å². The summed E-state index contributed by atoms with van der Waals surface area (Å²) in [4.78, 5) is 13.1. The smallest absolute Gasteiger partial charge is 0.283 e. The molecule has 1 fully saturated rings. The van der Waals surface area contributed by atoms with E-state index in [0.717, 1.165) is 17.7 Å². The molecule has 174 valence electrons. The van der Waals surface area contributed by atoms with E-state index in [9.17, 15) is 13.2 Å². The first kappa shape index (κ1) is 23.8. The van der Waals surface area contributed by atoms with Gasteiger partial charge in [-0.3, -0.25) is 10.2 Å². The summed E-state index contributed by atoms with van der Waals surface area (Å²) in [6.45, 7) is 4.41. The van der Waals surface area contributed by atoms with Crippen LogP contribution in [0.15, 0.2) is 42.5 Å². The van der Waals surface area contributed by atoms with Crippen LogP contribution in [0.5, 0.6) is 0 Å². The third-order valence-electron chi connectivity index (χ3n) is 5.71. The zero-order valence-electron chi connectivity index (χ0n) is 18.3. The van der Waals surface area contributed by atoms with E-state index in [0.29, 0.717) is 21.3 Å². The largest absolute Gasteiger partial charge is 0.286 e. The Hall–Kier alpha value is -2.39. The molecule has 1 aliphatic rings. The van der Waals surface area contributed by atoms with Crippen LogP contribution in [0.1, 0.15) is 28.5 Å². The topological polar surface area (TPSA) is 84.3 Å². The van der Waals surface area contributed by atoms with Crippen molar-refractivity contribution in [3.63, 3.8) is 0 Å². The lowest BCUT2D eigenvalue weighted by Gasteiger charge is -2.26. The fourth-order valence-electron chi connectivity index (χ4n) is 3.80. The van der Waals surface area contributed by atoms with E-state index >= 15 is 0 Å². The normalized spacial score (nSPS) is 16.0. The maximum Gasteiger partial charge on any atom is 0.286 e. The van der Waals surface area contributed by atoms with Gasteiger partial charge in [-0.15, -0.1) is 0 Å². The van der Waals surface area contributed by atoms with Crippen LogP contribution in [0.3, 0.4) is 0 Å². The van der Waals surface area contributed by atoms with E-state index in [1.807, 2.05) is 31.2 Å². The third kappa shape index (κ3) is 5.09. The molecule has 0 saturated carbocycles. The summed E-state index contributed by atoms with van der Waals surface area (Å²) in [5.41, 5.74) is 7.16. The Kier molecular flexibility index (Phi) is 6.81. The lowest BCUT2D eigenvalue weighted by molar-refractivity contribution is 0.0795. The molecule has 0 radical (unpaired) electrons. The number of aromatic nitrogens is 2. The number of hydrogen-bond donors (Lipinski definition) is 1. The first-order chi connectivity index (χ1) is 15.7. The van der Waals surface area contributed by atoms with Crippen molar-refractivity contribution in [3.8, 4) is 16.9 Å². The molecule has 2 aromatic carbocycles. The van der Waals surface area contributed by atoms with Crippen LogP contribution in [0.2, 0.25) is 10.0 Å². The lowest BCUT2D eigenvalue weighted by atomic mass is 10.0. The van der Waals surface area contributed by atoms with Crippen LogP contribution in [0.4, 0.5) is 0 Å². The van der Waals surface area contributed by atoms with Gasteiger partial charge < -0.3 is 0 Å². The fraction of sp³-hybridized carbons (Fsp3) is 0.304. The number of hydrazine groups is 1. The zero-order valence-corrected chi connectivity index (χ0v) is 20.6. The van der Waals surface area contributed by atoms with Crippen LogP contribution in [-0.4, -0.2) is 53.7 Å². The van der Waals surface area contributed by atoms with Crippen molar-refractivity contribution in [3.05, 3.63) is 69.3 Å². The Morgan fingerprint density at radius 2 is 1.76 bits per heavy atom. The molecule has 0 spiro atoms. The fourth-order valence-corrected chi connectivity index (χ4v) is 5.49. The molecule has 2 heterocycles. The molecule has 1 N–H and O–H groups in total. The Morgan fingerprint density at radius 3 is 2.36 bits per heavy atom. The molecule has 0 atom stereocenters. The quantitative estimate of drug-likeness (QED) is 0.563. The molecule has 4 rings (SSSR count). The van der Waals surface area contributed by atoms with Gasteiger partial charge in [0.25, 0.3) is 5.91 Å². The molecule has 10 heteroatoms. The van der Waals surface area contributed by atoms with Gasteiger partial charge in [-0.1, -0.05) is 54.4 Å². The standard InChI is InChI=1S/C23H24Cl2N4O3S/c1-3-16-4-6-17(7-5-16)22-15(2)21(23(30)27-28-10-12-33(31,32)13-11-28)26-29(22)20-9-8-18(24)14-19(20)25/h4-9,14H,3,10-13H2,1-2H3,(H,27,30). The van der Waals surface area contributed by atoms with E-state index in [-0.39, 0.29) is 30.3 Å². The van der Waals surface area contributed by atoms with Crippen molar-refractivity contribution in [1.82, 2.24) is 20.2 Å². The Bertz CT molecular complexity index is 1290. The number of nitrogens with one attached hydrogen (secondary N) is 1. The predicted molar refractivity (Wildman–Crippen MR) is 131 cm³/mol. The summed E-state index contributed by atoms with van der Waals surface area (Å²) in [5, 5.41) is 7.14. The van der Waals surface area contributed by atoms with Crippen LogP contribution in [0, 0.1) is 6.92 Å². The van der Waals surface area contributed by atoms with Crippen molar-refractivity contribution in [2.45, 2.75) is 20.3 Å². The van der Waals surface area contributed by atoms with E-state index < -0.39 is 15.7 Å². The molecule has 0 unspecified atom stereocenters. The van der Waals surface area contributed by atoms with E-state index in [4.69, 9.17) is 23.2 Å². The number of benzene rings is 2. The maximum atomic E-state index is 13.1. The van der Waals surface area contributed by atoms with Crippen molar-refractivity contribution >= 4 is 38.9 Å². The number of amides is 1. The number of carbonyl (C=O) groups is 1. The number of sulfone groups is 1. The van der Waals surface area contributed by atoms with Gasteiger partial charge >= 0.3 is 0 Å². The van der Waals surface area contributed by atoms with Gasteiger partial charge in [0.1, 0.15) is 0 Å². The van der Waals surface area contributed by atoms with Crippen molar-refractivity contribution in [2.24, 2.45) is 0 Å². The molecular weight excluding hydrogens is 483 g/mol. The molecule has 1 saturated heterocycles. The lowest BCUT2D eigenvalue weighted by Crippen LogP contribution is -2.50. The Labute approximate surface area is 203 Å². The molecular formula is C23H24Cl2N4O3S. The first-order valence-corrected chi connectivity index (χ1v) is 13.2. The molecule has 0 bridgehead atoms. The van der Waals surface area contributed by atoms with Gasteiger partial charge in [0.2, 0.25) is 0 Å². The predicted octanol–water partition coefficient (Wildman–Crippen LogP) is 4.09. The molecule has 1 aliphatic heterocycles. The monoisotopic (exact) mass is 506 g/mol. The highest BCUT2D eigenvalue weighted by Crippen LogP contribution is 2.33. The average molecular weight is 507 g/mol. The number of carbonyl (C=O) groups excluding carboxylic acids is 1. The second-order valence-corrected chi connectivity index (χ2v) is 11.1. The highest BCUT2D eigenvalue weighted by Gasteiger charge is 2.27. The van der Waals surface area contributed by atoms with E-state index in [1.54, 1.807) is 27.9 Å². The van der Waals surface area contributed by atoms with Gasteiger partial charge in [-0.05, 0) is 37.1 Å². The van der Waals surface area contributed by atoms with Crippen molar-refractivity contribution in [1.29, 1.82) is 0 Å². The van der Waals surface area contributed by atoms with Crippen molar-refractivity contribution < 1.29 is 13.2 Å². The molecule has 0 aliphatic carbocycles. The minimum Gasteiger partial charge on any atom is -0.283 e. The van der Waals surface area contributed by atoms with Crippen molar-refractivity contribution in [2.75, 3.05) is 24.6 Å². The molecule has 1 amide bonds. The summed E-state index contributed by atoms with van der Waals surface area (Å²) >= 11 is 12.6.